The highest BCUT2D eigenvalue weighted by Gasteiger charge is 2.29. The van der Waals surface area contributed by atoms with E-state index in [2.05, 4.69) is 55.4 Å². The number of rotatable bonds is 24. The van der Waals surface area contributed by atoms with Crippen LogP contribution in [-0.2, 0) is 51.4 Å². The van der Waals surface area contributed by atoms with Crippen molar-refractivity contribution in [2.24, 2.45) is 94.7 Å². The maximum Gasteiger partial charge on any atom is 0.162 e. The van der Waals surface area contributed by atoms with Crippen molar-refractivity contribution in [3.05, 3.63) is 274 Å². The fourth-order valence-corrected chi connectivity index (χ4v) is 24.2. The second-order valence-electron chi connectivity index (χ2n) is 46.7. The van der Waals surface area contributed by atoms with Crippen molar-refractivity contribution in [1.82, 2.24) is 0 Å². The van der Waals surface area contributed by atoms with Crippen LogP contribution in [0.15, 0.2) is 97.1 Å². The quantitative estimate of drug-likeness (QED) is 0.0529. The third-order valence-electron chi connectivity index (χ3n) is 34.5. The number of hydrogen-bond acceptors (Lipinski definition) is 0. The maximum absolute atomic E-state index is 13.9. The first-order valence-electron chi connectivity index (χ1n) is 56.1. The molecular formula is C128H176Cl6F10. The van der Waals surface area contributed by atoms with Crippen molar-refractivity contribution in [1.29, 1.82) is 0 Å². The van der Waals surface area contributed by atoms with Crippen LogP contribution in [0.3, 0.4) is 0 Å². The molecule has 8 aromatic carbocycles. The fourth-order valence-electron chi connectivity index (χ4n) is 22.9. The minimum atomic E-state index is -0.676. The molecule has 0 bridgehead atoms. The number of halogens is 16. The van der Waals surface area contributed by atoms with Crippen molar-refractivity contribution in [3.63, 3.8) is 0 Å². The lowest BCUT2D eigenvalue weighted by atomic mass is 9.80. The summed E-state index contributed by atoms with van der Waals surface area (Å²) in [5.74, 6) is 9.17. The van der Waals surface area contributed by atoms with Gasteiger partial charge in [0.2, 0.25) is 0 Å². The summed E-state index contributed by atoms with van der Waals surface area (Å²) in [6.07, 6.45) is 57.1. The predicted molar refractivity (Wildman–Crippen MR) is 595 cm³/mol. The van der Waals surface area contributed by atoms with Gasteiger partial charge in [-0.25, -0.2) is 43.9 Å². The molecule has 800 valence electrons. The maximum atomic E-state index is 13.9. The molecule has 8 aromatic rings. The van der Waals surface area contributed by atoms with Gasteiger partial charge in [-0.05, 0) is 342 Å². The first-order valence-corrected chi connectivity index (χ1v) is 58.4. The Balaban J connectivity index is 0.000000183. The van der Waals surface area contributed by atoms with Crippen LogP contribution in [-0.4, -0.2) is 0 Å². The molecule has 0 heterocycles. The monoisotopic (exact) mass is 2110 g/mol. The summed E-state index contributed by atoms with van der Waals surface area (Å²) in [6.45, 7) is 32.7. The molecule has 16 heteroatoms. The van der Waals surface area contributed by atoms with Gasteiger partial charge in [0, 0.05) is 0 Å². The Morgan fingerprint density at radius 1 is 0.153 bits per heavy atom. The average Bonchev–Trinajstić information content (AvgIpc) is 0.868. The van der Waals surface area contributed by atoms with E-state index in [0.717, 1.165) is 228 Å². The van der Waals surface area contributed by atoms with E-state index >= 15 is 0 Å². The molecule has 0 amide bonds. The Morgan fingerprint density at radius 2 is 0.278 bits per heavy atom. The second-order valence-corrected chi connectivity index (χ2v) is 48.9. The van der Waals surface area contributed by atoms with Crippen molar-refractivity contribution < 1.29 is 43.9 Å². The van der Waals surface area contributed by atoms with Gasteiger partial charge in [0.25, 0.3) is 0 Å². The van der Waals surface area contributed by atoms with Crippen LogP contribution in [0.4, 0.5) is 43.9 Å². The number of benzene rings is 8. The summed E-state index contributed by atoms with van der Waals surface area (Å²) in [4.78, 5) is 0. The topological polar surface area (TPSA) is 0 Å². The minimum Gasteiger partial charge on any atom is -0.205 e. The third kappa shape index (κ3) is 40.1. The molecule has 8 fully saturated rings. The van der Waals surface area contributed by atoms with E-state index in [4.69, 9.17) is 69.6 Å². The molecule has 8 aliphatic rings. The summed E-state index contributed by atoms with van der Waals surface area (Å²) in [7, 11) is 0. The number of hydrogen-bond donors (Lipinski definition) is 0. The van der Waals surface area contributed by atoms with Crippen LogP contribution in [0.1, 0.15) is 401 Å². The lowest BCUT2D eigenvalue weighted by Gasteiger charge is -2.26. The molecule has 144 heavy (non-hydrogen) atoms. The highest BCUT2D eigenvalue weighted by molar-refractivity contribution is 6.33. The summed E-state index contributed by atoms with van der Waals surface area (Å²) in [5, 5.41) is 1.85. The van der Waals surface area contributed by atoms with E-state index in [1.807, 2.05) is 100 Å². The first kappa shape index (κ1) is 122. The molecule has 0 radical (unpaired) electrons. The standard InChI is InChI=1S/6C16H22ClF.2C16H22F2/c2*1-11-3-6-13(7-4-11)8-10-14-9-5-12(2)16(18)15(14)17;6*1-11-3-6-13(7-4-11)8-10-14-9-5-12(2)15(17)16(14)18/h8*5,9,11,13H,3-4,6-8,10H2,1-2H3. The Kier molecular flexibility index (Phi) is 53.3. The molecule has 0 N–H and O–H groups in total. The normalized spacial score (nSPS) is 24.2. The highest BCUT2D eigenvalue weighted by atomic mass is 35.5. The van der Waals surface area contributed by atoms with E-state index in [-0.39, 0.29) is 34.9 Å². The second kappa shape index (κ2) is 62.7. The third-order valence-corrected chi connectivity index (χ3v) is 37.2. The zero-order chi connectivity index (χ0) is 105. The molecule has 0 nitrogen and oxygen atoms in total. The Bertz CT molecular complexity index is 4200. The lowest BCUT2D eigenvalue weighted by molar-refractivity contribution is 0.277. The van der Waals surface area contributed by atoms with Crippen molar-refractivity contribution in [3.8, 4) is 0 Å². The lowest BCUT2D eigenvalue weighted by Crippen LogP contribution is -2.13. The molecule has 0 aromatic heterocycles. The van der Waals surface area contributed by atoms with Gasteiger partial charge >= 0.3 is 0 Å². The van der Waals surface area contributed by atoms with Crippen LogP contribution in [0.25, 0.3) is 0 Å². The van der Waals surface area contributed by atoms with E-state index < -0.39 is 23.3 Å². The molecule has 8 saturated carbocycles. The summed E-state index contributed by atoms with van der Waals surface area (Å²) < 4.78 is 137. The van der Waals surface area contributed by atoms with Gasteiger partial charge in [-0.1, -0.05) is 428 Å². The summed E-state index contributed by atoms with van der Waals surface area (Å²) in [6, 6.07) is 29.7. The largest absolute Gasteiger partial charge is 0.205 e. The van der Waals surface area contributed by atoms with Gasteiger partial charge in [0.15, 0.2) is 23.3 Å². The molecule has 0 saturated heterocycles. The van der Waals surface area contributed by atoms with Gasteiger partial charge in [-0.15, -0.1) is 0 Å². The van der Waals surface area contributed by atoms with Gasteiger partial charge < -0.3 is 0 Å². The van der Waals surface area contributed by atoms with Crippen LogP contribution in [0, 0.1) is 208 Å². The smallest absolute Gasteiger partial charge is 0.162 e. The summed E-state index contributed by atoms with van der Waals surface area (Å²) >= 11 is 35.9. The highest BCUT2D eigenvalue weighted by Crippen LogP contribution is 2.43. The molecule has 0 atom stereocenters. The van der Waals surface area contributed by atoms with Gasteiger partial charge in [-0.3, -0.25) is 0 Å². The molecular weight excluding hydrogens is 1940 g/mol. The van der Waals surface area contributed by atoms with Crippen molar-refractivity contribution >= 4 is 69.6 Å². The van der Waals surface area contributed by atoms with Crippen LogP contribution in [0.2, 0.25) is 30.1 Å². The Morgan fingerprint density at radius 3 is 0.438 bits per heavy atom. The van der Waals surface area contributed by atoms with Crippen molar-refractivity contribution in [2.45, 2.75) is 419 Å². The van der Waals surface area contributed by atoms with E-state index in [1.165, 1.54) is 205 Å². The van der Waals surface area contributed by atoms with Crippen LogP contribution in [0.5, 0.6) is 0 Å². The number of aryl methyl sites for hydroxylation is 16. The molecule has 8 aliphatic carbocycles. The van der Waals surface area contributed by atoms with Gasteiger partial charge in [0.05, 0.1) is 30.1 Å². The Hall–Kier alpha value is -5.20. The fraction of sp³-hybridized carbons (Fsp3) is 0.625. The van der Waals surface area contributed by atoms with Crippen molar-refractivity contribution in [2.75, 3.05) is 0 Å². The molecule has 0 aliphatic heterocycles. The molecule has 0 unspecified atom stereocenters. The predicted octanol–water partition coefficient (Wildman–Crippen LogP) is 43.3. The minimum absolute atomic E-state index is 0.208. The zero-order valence-corrected chi connectivity index (χ0v) is 95.0. The Labute approximate surface area is 894 Å². The van der Waals surface area contributed by atoms with Gasteiger partial charge in [-0.2, -0.15) is 0 Å². The summed E-state index contributed by atoms with van der Waals surface area (Å²) in [5.41, 5.74) is 11.5. The molecule has 0 spiro atoms. The van der Waals surface area contributed by atoms with E-state index in [0.29, 0.717) is 88.2 Å². The van der Waals surface area contributed by atoms with Crippen LogP contribution >= 0.6 is 69.6 Å². The average molecular weight is 2120 g/mol. The van der Waals surface area contributed by atoms with Gasteiger partial charge in [0.1, 0.15) is 34.9 Å². The first-order chi connectivity index (χ1) is 68.6. The van der Waals surface area contributed by atoms with E-state index in [9.17, 15) is 43.9 Å². The van der Waals surface area contributed by atoms with Crippen LogP contribution < -0.4 is 0 Å². The molecule has 16 rings (SSSR count). The SMILES string of the molecule is Cc1ccc(CCC2CCC(C)CC2)c(Cl)c1F.Cc1ccc(CCC2CCC(C)CC2)c(Cl)c1F.Cc1ccc(CCC2CCC(C)CC2)c(F)c1Cl.Cc1ccc(CCC2CCC(C)CC2)c(F)c1Cl.Cc1ccc(CCC2CCC(C)CC2)c(F)c1Cl.Cc1ccc(CCC2CCC(C)CC2)c(F)c1Cl.Cc1ccc(CCC2CCC(C)CC2)c(F)c1F.Cc1ccc(CCC2CCC(C)CC2)c(F)c1F. The zero-order valence-electron chi connectivity index (χ0n) is 90.5. The van der Waals surface area contributed by atoms with E-state index in [1.54, 1.807) is 52.0 Å².